The fourth-order valence-corrected chi connectivity index (χ4v) is 1.69. The van der Waals surface area contributed by atoms with Crippen molar-refractivity contribution in [3.05, 3.63) is 34.9 Å². The molecule has 0 aliphatic carbocycles. The molecule has 0 bridgehead atoms. The minimum Gasteiger partial charge on any atom is -0.328 e. The van der Waals surface area contributed by atoms with Crippen LogP contribution in [0.5, 0.6) is 0 Å². The van der Waals surface area contributed by atoms with Gasteiger partial charge in [-0.25, -0.2) is 0 Å². The standard InChI is InChI=1S/C14H16F3NO2/c1-8-5-6-11(7-9(8)2)12(19)10(3)18(4)13(20)14(15,16)17/h5-7,10H,1-4H3. The van der Waals surface area contributed by atoms with Gasteiger partial charge in [-0.1, -0.05) is 12.1 Å². The number of halogens is 3. The van der Waals surface area contributed by atoms with E-state index in [-0.39, 0.29) is 0 Å². The summed E-state index contributed by atoms with van der Waals surface area (Å²) >= 11 is 0. The van der Waals surface area contributed by atoms with E-state index >= 15 is 0 Å². The Morgan fingerprint density at radius 1 is 1.15 bits per heavy atom. The van der Waals surface area contributed by atoms with Crippen molar-refractivity contribution in [2.75, 3.05) is 7.05 Å². The highest BCUT2D eigenvalue weighted by atomic mass is 19.4. The largest absolute Gasteiger partial charge is 0.471 e. The number of carbonyl (C=O) groups excluding carboxylic acids is 2. The van der Waals surface area contributed by atoms with Crippen LogP contribution in [0.3, 0.4) is 0 Å². The number of benzene rings is 1. The average molecular weight is 287 g/mol. The molecule has 110 valence electrons. The zero-order valence-corrected chi connectivity index (χ0v) is 11.7. The number of rotatable bonds is 3. The van der Waals surface area contributed by atoms with Gasteiger partial charge in [0.25, 0.3) is 0 Å². The third kappa shape index (κ3) is 3.37. The fourth-order valence-electron chi connectivity index (χ4n) is 1.69. The summed E-state index contributed by atoms with van der Waals surface area (Å²) in [6, 6.07) is 3.71. The Morgan fingerprint density at radius 3 is 2.15 bits per heavy atom. The topological polar surface area (TPSA) is 37.4 Å². The summed E-state index contributed by atoms with van der Waals surface area (Å²) < 4.78 is 37.0. The maximum absolute atomic E-state index is 12.3. The quantitative estimate of drug-likeness (QED) is 0.802. The molecule has 1 atom stereocenters. The Balaban J connectivity index is 2.96. The molecular weight excluding hydrogens is 271 g/mol. The highest BCUT2D eigenvalue weighted by Crippen LogP contribution is 2.20. The zero-order valence-electron chi connectivity index (χ0n) is 11.7. The molecule has 20 heavy (non-hydrogen) atoms. The summed E-state index contributed by atoms with van der Waals surface area (Å²) in [6.07, 6.45) is -4.98. The Bertz CT molecular complexity index is 538. The van der Waals surface area contributed by atoms with Gasteiger partial charge >= 0.3 is 12.1 Å². The SMILES string of the molecule is Cc1ccc(C(=O)C(C)N(C)C(=O)C(F)(F)F)cc1C. The van der Waals surface area contributed by atoms with Crippen LogP contribution in [0.15, 0.2) is 18.2 Å². The molecule has 1 aromatic rings. The van der Waals surface area contributed by atoms with Crippen LogP contribution in [0.4, 0.5) is 13.2 Å². The molecule has 0 fully saturated rings. The molecule has 0 heterocycles. The van der Waals surface area contributed by atoms with Crippen molar-refractivity contribution in [2.24, 2.45) is 0 Å². The van der Waals surface area contributed by atoms with E-state index in [1.165, 1.54) is 6.92 Å². The molecule has 1 aromatic carbocycles. The Hall–Kier alpha value is -1.85. The Morgan fingerprint density at radius 2 is 1.70 bits per heavy atom. The fraction of sp³-hybridized carbons (Fsp3) is 0.429. The molecule has 1 unspecified atom stereocenters. The molecule has 1 amide bonds. The van der Waals surface area contributed by atoms with Crippen molar-refractivity contribution in [1.82, 2.24) is 4.90 Å². The molecule has 0 spiro atoms. The van der Waals surface area contributed by atoms with Gasteiger partial charge in [0.1, 0.15) is 0 Å². The lowest BCUT2D eigenvalue weighted by Crippen LogP contribution is -2.46. The number of ketones is 1. The third-order valence-corrected chi connectivity index (χ3v) is 3.31. The van der Waals surface area contributed by atoms with Crippen LogP contribution in [-0.2, 0) is 4.79 Å². The predicted molar refractivity (Wildman–Crippen MR) is 68.5 cm³/mol. The smallest absolute Gasteiger partial charge is 0.328 e. The van der Waals surface area contributed by atoms with Gasteiger partial charge in [0.2, 0.25) is 0 Å². The predicted octanol–water partition coefficient (Wildman–Crippen LogP) is 2.90. The third-order valence-electron chi connectivity index (χ3n) is 3.31. The van der Waals surface area contributed by atoms with E-state index in [1.807, 2.05) is 6.92 Å². The molecule has 0 radical (unpaired) electrons. The van der Waals surface area contributed by atoms with E-state index in [1.54, 1.807) is 25.1 Å². The minimum absolute atomic E-state index is 0.294. The maximum Gasteiger partial charge on any atom is 0.471 e. The number of amides is 1. The van der Waals surface area contributed by atoms with Crippen LogP contribution in [0.2, 0.25) is 0 Å². The highest BCUT2D eigenvalue weighted by Gasteiger charge is 2.43. The molecule has 0 aliphatic heterocycles. The van der Waals surface area contributed by atoms with Gasteiger partial charge in [0.15, 0.2) is 5.78 Å². The highest BCUT2D eigenvalue weighted by molar-refractivity contribution is 6.02. The lowest BCUT2D eigenvalue weighted by molar-refractivity contribution is -0.185. The zero-order chi connectivity index (χ0) is 15.7. The van der Waals surface area contributed by atoms with Crippen molar-refractivity contribution in [1.29, 1.82) is 0 Å². The van der Waals surface area contributed by atoms with Gasteiger partial charge in [-0.3, -0.25) is 9.59 Å². The van der Waals surface area contributed by atoms with Gasteiger partial charge in [-0.15, -0.1) is 0 Å². The Labute approximate surface area is 115 Å². The number of nitrogens with zero attached hydrogens (tertiary/aromatic N) is 1. The molecule has 0 N–H and O–H groups in total. The van der Waals surface area contributed by atoms with Gasteiger partial charge in [0.05, 0.1) is 6.04 Å². The van der Waals surface area contributed by atoms with Crippen molar-refractivity contribution >= 4 is 11.7 Å². The molecule has 0 aliphatic rings. The van der Waals surface area contributed by atoms with Gasteiger partial charge in [0, 0.05) is 12.6 Å². The summed E-state index contributed by atoms with van der Waals surface area (Å²) in [6.45, 7) is 4.95. The van der Waals surface area contributed by atoms with Gasteiger partial charge in [-0.05, 0) is 38.0 Å². The number of carbonyl (C=O) groups is 2. The van der Waals surface area contributed by atoms with E-state index < -0.39 is 23.9 Å². The average Bonchev–Trinajstić information content (AvgIpc) is 2.37. The number of hydrogen-bond acceptors (Lipinski definition) is 2. The van der Waals surface area contributed by atoms with Crippen LogP contribution < -0.4 is 0 Å². The van der Waals surface area contributed by atoms with Crippen LogP contribution in [0, 0.1) is 13.8 Å². The summed E-state index contributed by atoms with van der Waals surface area (Å²) in [4.78, 5) is 23.6. The lowest BCUT2D eigenvalue weighted by Gasteiger charge is -2.24. The van der Waals surface area contributed by atoms with E-state index in [4.69, 9.17) is 0 Å². The molecule has 1 rings (SSSR count). The van der Waals surface area contributed by atoms with E-state index in [0.717, 1.165) is 18.2 Å². The van der Waals surface area contributed by atoms with E-state index in [0.29, 0.717) is 10.5 Å². The first kappa shape index (κ1) is 16.2. The summed E-state index contributed by atoms with van der Waals surface area (Å²) in [5.74, 6) is -2.55. The molecule has 6 heteroatoms. The molecule has 3 nitrogen and oxygen atoms in total. The van der Waals surface area contributed by atoms with Gasteiger partial charge < -0.3 is 4.90 Å². The normalized spacial score (nSPS) is 12.9. The van der Waals surface area contributed by atoms with Crippen LogP contribution in [0.1, 0.15) is 28.4 Å². The second-order valence-electron chi connectivity index (χ2n) is 4.75. The van der Waals surface area contributed by atoms with Crippen molar-refractivity contribution < 1.29 is 22.8 Å². The van der Waals surface area contributed by atoms with Crippen LogP contribution in [-0.4, -0.2) is 35.9 Å². The molecule has 0 saturated heterocycles. The van der Waals surface area contributed by atoms with Gasteiger partial charge in [-0.2, -0.15) is 13.2 Å². The second kappa shape index (κ2) is 5.64. The lowest BCUT2D eigenvalue weighted by atomic mass is 10.00. The second-order valence-corrected chi connectivity index (χ2v) is 4.75. The molecular formula is C14H16F3NO2. The number of Topliss-reactive ketones (excluding diaryl/α,β-unsaturated/α-hetero) is 1. The molecule has 0 aromatic heterocycles. The first-order chi connectivity index (χ1) is 9.05. The maximum atomic E-state index is 12.3. The van der Waals surface area contributed by atoms with E-state index in [2.05, 4.69) is 0 Å². The number of hydrogen-bond donors (Lipinski definition) is 0. The summed E-state index contributed by atoms with van der Waals surface area (Å²) in [7, 11) is 0.972. The number of alkyl halides is 3. The van der Waals surface area contributed by atoms with Crippen LogP contribution >= 0.6 is 0 Å². The van der Waals surface area contributed by atoms with Crippen LogP contribution in [0.25, 0.3) is 0 Å². The van der Waals surface area contributed by atoms with Crippen molar-refractivity contribution in [2.45, 2.75) is 33.0 Å². The summed E-state index contributed by atoms with van der Waals surface area (Å²) in [5, 5.41) is 0. The van der Waals surface area contributed by atoms with E-state index in [9.17, 15) is 22.8 Å². The monoisotopic (exact) mass is 287 g/mol. The molecule has 0 saturated carbocycles. The first-order valence-corrected chi connectivity index (χ1v) is 6.01. The van der Waals surface area contributed by atoms with Crippen molar-refractivity contribution in [3.63, 3.8) is 0 Å². The summed E-state index contributed by atoms with van der Waals surface area (Å²) in [5.41, 5.74) is 2.14. The first-order valence-electron chi connectivity index (χ1n) is 6.01. The number of aryl methyl sites for hydroxylation is 2. The Kier molecular flexibility index (Phi) is 4.57. The van der Waals surface area contributed by atoms with Crippen molar-refractivity contribution in [3.8, 4) is 0 Å². The minimum atomic E-state index is -4.98. The number of likely N-dealkylation sites (N-methyl/N-ethyl adjacent to an activating group) is 1.